The van der Waals surface area contributed by atoms with Crippen molar-refractivity contribution in [2.75, 3.05) is 13.1 Å². The van der Waals surface area contributed by atoms with Crippen LogP contribution in [0.1, 0.15) is 38.2 Å². The first-order valence-electron chi connectivity index (χ1n) is 7.19. The van der Waals surface area contributed by atoms with E-state index in [1.54, 1.807) is 0 Å². The summed E-state index contributed by atoms with van der Waals surface area (Å²) in [5.41, 5.74) is 7.34. The van der Waals surface area contributed by atoms with Crippen molar-refractivity contribution in [2.45, 2.75) is 38.6 Å². The van der Waals surface area contributed by atoms with Gasteiger partial charge in [0.1, 0.15) is 0 Å². The Morgan fingerprint density at radius 2 is 1.75 bits per heavy atom. The molecule has 1 heterocycles. The normalized spacial score (nSPS) is 17.7. The first kappa shape index (κ1) is 17.0. The Bertz CT molecular complexity index is 414. The second-order valence-corrected chi connectivity index (χ2v) is 5.78. The van der Waals surface area contributed by atoms with E-state index in [9.17, 15) is 4.79 Å². The highest BCUT2D eigenvalue weighted by Crippen LogP contribution is 2.28. The molecule has 2 N–H and O–H groups in total. The molecule has 1 aromatic rings. The van der Waals surface area contributed by atoms with Gasteiger partial charge in [-0.15, -0.1) is 12.4 Å². The molecule has 112 valence electrons. The highest BCUT2D eigenvalue weighted by molar-refractivity contribution is 5.85. The summed E-state index contributed by atoms with van der Waals surface area (Å²) < 4.78 is 0. The molecule has 0 spiro atoms. The van der Waals surface area contributed by atoms with Gasteiger partial charge in [0.05, 0.1) is 6.04 Å². The minimum atomic E-state index is -0.353. The summed E-state index contributed by atoms with van der Waals surface area (Å²) in [5.74, 6) is 0.904. The summed E-state index contributed by atoms with van der Waals surface area (Å²) in [5, 5.41) is 0. The first-order valence-corrected chi connectivity index (χ1v) is 7.19. The molecule has 1 aliphatic rings. The number of likely N-dealkylation sites (tertiary alicyclic amines) is 1. The highest BCUT2D eigenvalue weighted by Gasteiger charge is 2.28. The van der Waals surface area contributed by atoms with Gasteiger partial charge < -0.3 is 10.6 Å². The number of benzene rings is 1. The molecule has 2 rings (SSSR count). The van der Waals surface area contributed by atoms with Gasteiger partial charge in [0.15, 0.2) is 0 Å². The van der Waals surface area contributed by atoms with E-state index in [0.29, 0.717) is 5.92 Å². The number of nitrogens with two attached hydrogens (primary N) is 1. The molecule has 1 saturated heterocycles. The van der Waals surface area contributed by atoms with Crippen LogP contribution in [0.3, 0.4) is 0 Å². The molecule has 4 heteroatoms. The van der Waals surface area contributed by atoms with Gasteiger partial charge in [0.25, 0.3) is 0 Å². The van der Waals surface area contributed by atoms with E-state index in [2.05, 4.69) is 24.3 Å². The van der Waals surface area contributed by atoms with E-state index in [0.717, 1.165) is 25.9 Å². The van der Waals surface area contributed by atoms with Crippen molar-refractivity contribution in [3.63, 3.8) is 0 Å². The van der Waals surface area contributed by atoms with Crippen molar-refractivity contribution < 1.29 is 4.79 Å². The number of hydrogen-bond donors (Lipinski definition) is 1. The van der Waals surface area contributed by atoms with Crippen LogP contribution >= 0.6 is 12.4 Å². The third-order valence-electron chi connectivity index (χ3n) is 4.08. The molecule has 0 radical (unpaired) electrons. The molecule has 0 saturated carbocycles. The molecule has 0 bridgehead atoms. The summed E-state index contributed by atoms with van der Waals surface area (Å²) >= 11 is 0. The Morgan fingerprint density at radius 1 is 1.20 bits per heavy atom. The zero-order chi connectivity index (χ0) is 13.8. The second kappa shape index (κ2) is 7.65. The van der Waals surface area contributed by atoms with Gasteiger partial charge in [-0.2, -0.15) is 0 Å². The van der Waals surface area contributed by atoms with E-state index in [4.69, 9.17) is 5.73 Å². The summed E-state index contributed by atoms with van der Waals surface area (Å²) in [4.78, 5) is 14.1. The largest absolute Gasteiger partial charge is 0.341 e. The van der Waals surface area contributed by atoms with Crippen LogP contribution in [0.2, 0.25) is 0 Å². The van der Waals surface area contributed by atoms with Crippen LogP contribution in [0.4, 0.5) is 0 Å². The molecule has 20 heavy (non-hydrogen) atoms. The van der Waals surface area contributed by atoms with Gasteiger partial charge in [0.2, 0.25) is 5.91 Å². The average Bonchev–Trinajstić information content (AvgIpc) is 2.46. The van der Waals surface area contributed by atoms with Crippen LogP contribution in [0.25, 0.3) is 0 Å². The summed E-state index contributed by atoms with van der Waals surface area (Å²) in [6, 6.07) is 10.2. The summed E-state index contributed by atoms with van der Waals surface area (Å²) in [7, 11) is 0. The van der Waals surface area contributed by atoms with Gasteiger partial charge >= 0.3 is 0 Å². The number of carbonyl (C=O) groups is 1. The van der Waals surface area contributed by atoms with E-state index < -0.39 is 0 Å². The predicted octanol–water partition coefficient (Wildman–Crippen LogP) is 2.80. The number of halogens is 1. The van der Waals surface area contributed by atoms with Crippen molar-refractivity contribution in [3.05, 3.63) is 35.9 Å². The molecule has 0 unspecified atom stereocenters. The van der Waals surface area contributed by atoms with Gasteiger partial charge in [-0.1, -0.05) is 44.2 Å². The quantitative estimate of drug-likeness (QED) is 0.932. The van der Waals surface area contributed by atoms with Crippen molar-refractivity contribution in [2.24, 2.45) is 11.7 Å². The topological polar surface area (TPSA) is 46.3 Å². The lowest BCUT2D eigenvalue weighted by molar-refractivity contribution is -0.134. The number of amides is 1. The average molecular weight is 297 g/mol. The van der Waals surface area contributed by atoms with Crippen molar-refractivity contribution in [3.8, 4) is 0 Å². The van der Waals surface area contributed by atoms with Crippen molar-refractivity contribution >= 4 is 18.3 Å². The molecular weight excluding hydrogens is 272 g/mol. The minimum Gasteiger partial charge on any atom is -0.341 e. The Morgan fingerprint density at radius 3 is 2.25 bits per heavy atom. The maximum Gasteiger partial charge on any atom is 0.239 e. The summed E-state index contributed by atoms with van der Waals surface area (Å²) in [6.45, 7) is 5.66. The van der Waals surface area contributed by atoms with Crippen LogP contribution in [-0.2, 0) is 4.79 Å². The van der Waals surface area contributed by atoms with E-state index >= 15 is 0 Å². The van der Waals surface area contributed by atoms with E-state index in [1.165, 1.54) is 5.56 Å². The zero-order valence-electron chi connectivity index (χ0n) is 12.3. The number of nitrogens with zero attached hydrogens (tertiary/aromatic N) is 1. The fourth-order valence-electron chi connectivity index (χ4n) is 2.65. The number of rotatable bonds is 3. The van der Waals surface area contributed by atoms with Crippen LogP contribution in [0, 0.1) is 5.92 Å². The third-order valence-corrected chi connectivity index (χ3v) is 4.08. The maximum absolute atomic E-state index is 12.2. The molecule has 1 aromatic carbocycles. The fraction of sp³-hybridized carbons (Fsp3) is 0.562. The fourth-order valence-corrected chi connectivity index (χ4v) is 2.65. The Balaban J connectivity index is 0.00000200. The van der Waals surface area contributed by atoms with Crippen molar-refractivity contribution in [1.29, 1.82) is 0 Å². The van der Waals surface area contributed by atoms with Crippen LogP contribution in [0.5, 0.6) is 0 Å². The van der Waals surface area contributed by atoms with E-state index in [1.807, 2.05) is 24.8 Å². The zero-order valence-corrected chi connectivity index (χ0v) is 13.1. The number of carbonyl (C=O) groups excluding carboxylic acids is 1. The molecule has 0 aliphatic carbocycles. The Kier molecular flexibility index (Phi) is 6.50. The van der Waals surface area contributed by atoms with Gasteiger partial charge in [0, 0.05) is 13.1 Å². The first-order chi connectivity index (χ1) is 9.09. The standard InChI is InChI=1S/C16H24N2O.ClH/c1-12(2)15(17)16(19)18-10-8-14(9-11-18)13-6-4-3-5-7-13;/h3-7,12,14-15H,8-11,17H2,1-2H3;1H/t15-;/m1./s1. The lowest BCUT2D eigenvalue weighted by Crippen LogP contribution is -2.49. The number of hydrogen-bond acceptors (Lipinski definition) is 2. The summed E-state index contributed by atoms with van der Waals surface area (Å²) in [6.07, 6.45) is 2.08. The van der Waals surface area contributed by atoms with Gasteiger partial charge in [-0.25, -0.2) is 0 Å². The lowest BCUT2D eigenvalue weighted by atomic mass is 9.89. The monoisotopic (exact) mass is 296 g/mol. The smallest absolute Gasteiger partial charge is 0.239 e. The second-order valence-electron chi connectivity index (χ2n) is 5.78. The molecule has 1 amide bonds. The molecule has 1 aliphatic heterocycles. The molecule has 0 aromatic heterocycles. The van der Waals surface area contributed by atoms with E-state index in [-0.39, 0.29) is 30.3 Å². The predicted molar refractivity (Wildman–Crippen MR) is 85.1 cm³/mol. The highest BCUT2D eigenvalue weighted by atomic mass is 35.5. The van der Waals surface area contributed by atoms with Crippen LogP contribution < -0.4 is 5.73 Å². The molecular formula is C16H25ClN2O. The lowest BCUT2D eigenvalue weighted by Gasteiger charge is -2.34. The Hall–Kier alpha value is -1.06. The molecule has 3 nitrogen and oxygen atoms in total. The SMILES string of the molecule is CC(C)[C@@H](N)C(=O)N1CCC(c2ccccc2)CC1.Cl. The minimum absolute atomic E-state index is 0. The molecule has 1 fully saturated rings. The third kappa shape index (κ3) is 3.97. The van der Waals surface area contributed by atoms with Crippen molar-refractivity contribution in [1.82, 2.24) is 4.90 Å². The van der Waals surface area contributed by atoms with Gasteiger partial charge in [-0.3, -0.25) is 4.79 Å². The number of piperidine rings is 1. The van der Waals surface area contributed by atoms with Gasteiger partial charge in [-0.05, 0) is 30.2 Å². The Labute approximate surface area is 127 Å². The molecule has 1 atom stereocenters. The van der Waals surface area contributed by atoms with Crippen LogP contribution in [-0.4, -0.2) is 29.9 Å². The maximum atomic E-state index is 12.2. The van der Waals surface area contributed by atoms with Crippen LogP contribution in [0.15, 0.2) is 30.3 Å².